The van der Waals surface area contributed by atoms with Crippen molar-refractivity contribution in [2.24, 2.45) is 0 Å². The highest BCUT2D eigenvalue weighted by Gasteiger charge is 2.08. The zero-order valence-corrected chi connectivity index (χ0v) is 12.4. The second kappa shape index (κ2) is 9.44. The molecule has 0 heterocycles. The molecule has 6 heteroatoms. The van der Waals surface area contributed by atoms with E-state index in [0.29, 0.717) is 5.56 Å². The molecule has 1 aromatic rings. The molecule has 118 valence electrons. The van der Waals surface area contributed by atoms with Gasteiger partial charge in [-0.1, -0.05) is 18.2 Å². The quantitative estimate of drug-likeness (QED) is 0.631. The Kier molecular flexibility index (Phi) is 7.89. The van der Waals surface area contributed by atoms with E-state index < -0.39 is 6.10 Å². The molecular formula is C15H23FN2O3. The van der Waals surface area contributed by atoms with Crippen LogP contribution in [0.2, 0.25) is 0 Å². The Labute approximate surface area is 124 Å². The lowest BCUT2D eigenvalue weighted by Crippen LogP contribution is -2.40. The molecular weight excluding hydrogens is 275 g/mol. The van der Waals surface area contributed by atoms with Gasteiger partial charge in [-0.3, -0.25) is 4.79 Å². The van der Waals surface area contributed by atoms with E-state index in [-0.39, 0.29) is 44.1 Å². The Balaban J connectivity index is 2.13. The highest BCUT2D eigenvalue weighted by atomic mass is 19.1. The van der Waals surface area contributed by atoms with Gasteiger partial charge in [-0.2, -0.15) is 0 Å². The maximum absolute atomic E-state index is 13.3. The molecule has 0 spiro atoms. The van der Waals surface area contributed by atoms with Gasteiger partial charge in [0.25, 0.3) is 0 Å². The SMILES string of the molecule is CC(C)NC(=O)CNCC(O)COCc1ccccc1F. The second-order valence-corrected chi connectivity index (χ2v) is 5.11. The number of benzene rings is 1. The van der Waals surface area contributed by atoms with Crippen LogP contribution < -0.4 is 10.6 Å². The minimum Gasteiger partial charge on any atom is -0.389 e. The van der Waals surface area contributed by atoms with Crippen LogP contribution in [0.3, 0.4) is 0 Å². The van der Waals surface area contributed by atoms with Crippen LogP contribution in [-0.4, -0.2) is 42.9 Å². The van der Waals surface area contributed by atoms with Crippen LogP contribution in [0.5, 0.6) is 0 Å². The Morgan fingerprint density at radius 1 is 1.38 bits per heavy atom. The summed E-state index contributed by atoms with van der Waals surface area (Å²) < 4.78 is 18.6. The van der Waals surface area contributed by atoms with Crippen molar-refractivity contribution < 1.29 is 19.0 Å². The summed E-state index contributed by atoms with van der Waals surface area (Å²) >= 11 is 0. The number of hydrogen-bond donors (Lipinski definition) is 3. The number of amides is 1. The lowest BCUT2D eigenvalue weighted by molar-refractivity contribution is -0.120. The predicted molar refractivity (Wildman–Crippen MR) is 78.2 cm³/mol. The molecule has 3 N–H and O–H groups in total. The summed E-state index contributed by atoms with van der Waals surface area (Å²) in [6, 6.07) is 6.43. The van der Waals surface area contributed by atoms with Crippen LogP contribution in [0, 0.1) is 5.82 Å². The number of aliphatic hydroxyl groups excluding tert-OH is 1. The van der Waals surface area contributed by atoms with Crippen molar-refractivity contribution in [2.45, 2.75) is 32.6 Å². The summed E-state index contributed by atoms with van der Waals surface area (Å²) in [6.07, 6.45) is -0.747. The monoisotopic (exact) mass is 298 g/mol. The van der Waals surface area contributed by atoms with Gasteiger partial charge in [0.2, 0.25) is 5.91 Å². The largest absolute Gasteiger partial charge is 0.389 e. The normalized spacial score (nSPS) is 12.4. The molecule has 0 aliphatic carbocycles. The Hall–Kier alpha value is -1.50. The first-order valence-corrected chi connectivity index (χ1v) is 6.98. The van der Waals surface area contributed by atoms with Crippen molar-refractivity contribution in [2.75, 3.05) is 19.7 Å². The lowest BCUT2D eigenvalue weighted by Gasteiger charge is -2.13. The fraction of sp³-hybridized carbons (Fsp3) is 0.533. The summed E-state index contributed by atoms with van der Waals surface area (Å²) in [5, 5.41) is 15.2. The Morgan fingerprint density at radius 3 is 2.76 bits per heavy atom. The minimum absolute atomic E-state index is 0.0765. The first kappa shape index (κ1) is 17.6. The molecule has 21 heavy (non-hydrogen) atoms. The van der Waals surface area contributed by atoms with Crippen molar-refractivity contribution in [1.82, 2.24) is 10.6 Å². The van der Waals surface area contributed by atoms with E-state index in [0.717, 1.165) is 0 Å². The topological polar surface area (TPSA) is 70.6 Å². The van der Waals surface area contributed by atoms with Gasteiger partial charge in [-0.05, 0) is 19.9 Å². The summed E-state index contributed by atoms with van der Waals surface area (Å²) in [5.41, 5.74) is 0.453. The molecule has 1 aromatic carbocycles. The van der Waals surface area contributed by atoms with Crippen molar-refractivity contribution >= 4 is 5.91 Å². The highest BCUT2D eigenvalue weighted by molar-refractivity contribution is 5.78. The van der Waals surface area contributed by atoms with Crippen molar-refractivity contribution in [3.8, 4) is 0 Å². The van der Waals surface area contributed by atoms with E-state index in [1.54, 1.807) is 18.2 Å². The molecule has 1 amide bonds. The third-order valence-electron chi connectivity index (χ3n) is 2.64. The van der Waals surface area contributed by atoms with Gasteiger partial charge in [0.1, 0.15) is 5.82 Å². The van der Waals surface area contributed by atoms with E-state index in [1.807, 2.05) is 13.8 Å². The fourth-order valence-corrected chi connectivity index (χ4v) is 1.70. The highest BCUT2D eigenvalue weighted by Crippen LogP contribution is 2.07. The van der Waals surface area contributed by atoms with E-state index in [4.69, 9.17) is 4.74 Å². The molecule has 0 aliphatic rings. The molecule has 1 atom stereocenters. The number of hydrogen-bond acceptors (Lipinski definition) is 4. The van der Waals surface area contributed by atoms with Crippen molar-refractivity contribution in [3.05, 3.63) is 35.6 Å². The molecule has 0 bridgehead atoms. The van der Waals surface area contributed by atoms with Crippen molar-refractivity contribution in [1.29, 1.82) is 0 Å². The molecule has 0 saturated heterocycles. The van der Waals surface area contributed by atoms with Crippen LogP contribution in [0.4, 0.5) is 4.39 Å². The lowest BCUT2D eigenvalue weighted by atomic mass is 10.2. The van der Waals surface area contributed by atoms with Gasteiger partial charge in [0, 0.05) is 18.2 Å². The molecule has 5 nitrogen and oxygen atoms in total. The number of rotatable bonds is 9. The van der Waals surface area contributed by atoms with E-state index in [2.05, 4.69) is 10.6 Å². The van der Waals surface area contributed by atoms with Crippen LogP contribution in [-0.2, 0) is 16.1 Å². The van der Waals surface area contributed by atoms with Gasteiger partial charge in [-0.25, -0.2) is 4.39 Å². The third-order valence-corrected chi connectivity index (χ3v) is 2.64. The molecule has 1 unspecified atom stereocenters. The average molecular weight is 298 g/mol. The van der Waals surface area contributed by atoms with Gasteiger partial charge < -0.3 is 20.5 Å². The minimum atomic E-state index is -0.747. The molecule has 0 saturated carbocycles. The van der Waals surface area contributed by atoms with Gasteiger partial charge in [0.05, 0.1) is 25.9 Å². The summed E-state index contributed by atoms with van der Waals surface area (Å²) in [5.74, 6) is -0.444. The number of ether oxygens (including phenoxy) is 1. The van der Waals surface area contributed by atoms with Crippen LogP contribution in [0.15, 0.2) is 24.3 Å². The van der Waals surface area contributed by atoms with Crippen molar-refractivity contribution in [3.63, 3.8) is 0 Å². The molecule has 0 fully saturated rings. The standard InChI is InChI=1S/C15H23FN2O3/c1-11(2)18-15(20)8-17-7-13(19)10-21-9-12-5-3-4-6-14(12)16/h3-6,11,13,17,19H,7-10H2,1-2H3,(H,18,20). The van der Waals surface area contributed by atoms with E-state index in [1.165, 1.54) is 6.07 Å². The number of aliphatic hydroxyl groups is 1. The maximum atomic E-state index is 13.3. The van der Waals surface area contributed by atoms with Crippen LogP contribution in [0.25, 0.3) is 0 Å². The Bertz CT molecular complexity index is 441. The summed E-state index contributed by atoms with van der Waals surface area (Å²) in [7, 11) is 0. The zero-order valence-electron chi connectivity index (χ0n) is 12.4. The Morgan fingerprint density at radius 2 is 2.10 bits per heavy atom. The van der Waals surface area contributed by atoms with E-state index in [9.17, 15) is 14.3 Å². The average Bonchev–Trinajstić information content (AvgIpc) is 2.40. The number of carbonyl (C=O) groups excluding carboxylic acids is 1. The second-order valence-electron chi connectivity index (χ2n) is 5.11. The van der Waals surface area contributed by atoms with Gasteiger partial charge >= 0.3 is 0 Å². The number of halogens is 1. The van der Waals surface area contributed by atoms with E-state index >= 15 is 0 Å². The number of nitrogens with one attached hydrogen (secondary N) is 2. The predicted octanol–water partition coefficient (Wildman–Crippen LogP) is 0.817. The maximum Gasteiger partial charge on any atom is 0.234 e. The van der Waals surface area contributed by atoms with Gasteiger partial charge in [-0.15, -0.1) is 0 Å². The molecule has 0 radical (unpaired) electrons. The third kappa shape index (κ3) is 7.75. The molecule has 0 aromatic heterocycles. The van der Waals surface area contributed by atoms with Gasteiger partial charge in [0.15, 0.2) is 0 Å². The first-order chi connectivity index (χ1) is 9.99. The zero-order chi connectivity index (χ0) is 15.7. The summed E-state index contributed by atoms with van der Waals surface area (Å²) in [6.45, 7) is 4.32. The van der Waals surface area contributed by atoms with Crippen LogP contribution in [0.1, 0.15) is 19.4 Å². The molecule has 0 aliphatic heterocycles. The smallest absolute Gasteiger partial charge is 0.234 e. The fourth-order valence-electron chi connectivity index (χ4n) is 1.70. The van der Waals surface area contributed by atoms with Crippen LogP contribution >= 0.6 is 0 Å². The molecule has 1 rings (SSSR count). The number of carbonyl (C=O) groups is 1. The summed E-state index contributed by atoms with van der Waals surface area (Å²) in [4.78, 5) is 11.3. The first-order valence-electron chi connectivity index (χ1n) is 6.98.